The molecule has 0 fully saturated rings. The average molecular weight is 541 g/mol. The van der Waals surface area contributed by atoms with Crippen LogP contribution in [0.3, 0.4) is 0 Å². The number of aromatic nitrogens is 2. The highest BCUT2D eigenvalue weighted by Crippen LogP contribution is 2.23. The molecule has 0 unspecified atom stereocenters. The van der Waals surface area contributed by atoms with Crippen LogP contribution in [0.4, 0.5) is 0 Å². The van der Waals surface area contributed by atoms with Crippen molar-refractivity contribution >= 4 is 21.2 Å². The predicted octanol–water partition coefficient (Wildman–Crippen LogP) is 6.69. The summed E-state index contributed by atoms with van der Waals surface area (Å²) in [4.78, 5) is 0. The molecule has 0 aliphatic carbocycles. The standard InChI is InChI=1S/C28H49N2O2.CH4O3S/c1-24(2)29-23-30(25(3)4)28-22-26(18-19-27(28)29)32-21-17-15-13-11-9-7-5-6-8-10-12-14-16-20-31;1-5(2,3)4/h18-19,22-25,31H,5-17,20-21H2,1-4H3;1H3,(H,2,3,4)/q+1;/p-1. The molecular formula is C29H52N2O5S. The van der Waals surface area contributed by atoms with Gasteiger partial charge in [-0.15, -0.1) is 0 Å². The fourth-order valence-corrected chi connectivity index (χ4v) is 4.45. The molecule has 8 heteroatoms. The van der Waals surface area contributed by atoms with Gasteiger partial charge in [0.15, 0.2) is 11.0 Å². The highest BCUT2D eigenvalue weighted by atomic mass is 32.2. The van der Waals surface area contributed by atoms with E-state index < -0.39 is 10.1 Å². The lowest BCUT2D eigenvalue weighted by Crippen LogP contribution is -2.34. The third-order valence-electron chi connectivity index (χ3n) is 6.44. The van der Waals surface area contributed by atoms with Crippen LogP contribution in [0, 0.1) is 0 Å². The molecule has 0 atom stereocenters. The van der Waals surface area contributed by atoms with Crippen molar-refractivity contribution in [3.05, 3.63) is 24.5 Å². The molecule has 2 aromatic rings. The molecule has 1 heterocycles. The minimum atomic E-state index is -3.92. The summed E-state index contributed by atoms with van der Waals surface area (Å²) in [6.07, 6.45) is 19.7. The molecular weight excluding hydrogens is 488 g/mol. The molecule has 0 spiro atoms. The van der Waals surface area contributed by atoms with Crippen molar-refractivity contribution < 1.29 is 27.4 Å². The predicted molar refractivity (Wildman–Crippen MR) is 151 cm³/mol. The number of fused-ring (bicyclic) bond motifs is 1. The van der Waals surface area contributed by atoms with E-state index in [1.54, 1.807) is 0 Å². The average Bonchev–Trinajstić information content (AvgIpc) is 3.20. The smallest absolute Gasteiger partial charge is 0.245 e. The summed E-state index contributed by atoms with van der Waals surface area (Å²) in [5.41, 5.74) is 2.54. The number of unbranched alkanes of at least 4 members (excludes halogenated alkanes) is 12. The van der Waals surface area contributed by atoms with Gasteiger partial charge in [-0.05, 0) is 52.7 Å². The molecule has 37 heavy (non-hydrogen) atoms. The second-order valence-corrected chi connectivity index (χ2v) is 12.0. The van der Waals surface area contributed by atoms with Gasteiger partial charge in [-0.3, -0.25) is 0 Å². The van der Waals surface area contributed by atoms with Crippen molar-refractivity contribution in [1.29, 1.82) is 0 Å². The van der Waals surface area contributed by atoms with Gasteiger partial charge in [0.25, 0.3) is 0 Å². The summed E-state index contributed by atoms with van der Waals surface area (Å²) in [5, 5.41) is 8.78. The van der Waals surface area contributed by atoms with Crippen LogP contribution < -0.4 is 9.30 Å². The lowest BCUT2D eigenvalue weighted by atomic mass is 10.0. The number of imidazole rings is 1. The molecule has 0 aliphatic rings. The monoisotopic (exact) mass is 540 g/mol. The van der Waals surface area contributed by atoms with Crippen LogP contribution in [0.1, 0.15) is 123 Å². The number of ether oxygens (including phenoxy) is 1. The Morgan fingerprint density at radius 2 is 1.32 bits per heavy atom. The van der Waals surface area contributed by atoms with Gasteiger partial charge in [0, 0.05) is 18.9 Å². The van der Waals surface area contributed by atoms with Crippen molar-refractivity contribution in [1.82, 2.24) is 4.57 Å². The largest absolute Gasteiger partial charge is 0.748 e. The Hall–Kier alpha value is -1.64. The van der Waals surface area contributed by atoms with Gasteiger partial charge in [0.1, 0.15) is 5.75 Å². The highest BCUT2D eigenvalue weighted by molar-refractivity contribution is 7.84. The maximum absolute atomic E-state index is 9.08. The summed E-state index contributed by atoms with van der Waals surface area (Å²) >= 11 is 0. The quantitative estimate of drug-likeness (QED) is 0.129. The lowest BCUT2D eigenvalue weighted by molar-refractivity contribution is -0.692. The molecule has 1 N–H and O–H groups in total. The van der Waals surface area contributed by atoms with Gasteiger partial charge in [0.05, 0.1) is 28.8 Å². The number of hydrogen-bond acceptors (Lipinski definition) is 5. The van der Waals surface area contributed by atoms with Crippen molar-refractivity contribution in [2.75, 3.05) is 19.5 Å². The van der Waals surface area contributed by atoms with Crippen LogP contribution in [0.5, 0.6) is 5.75 Å². The van der Waals surface area contributed by atoms with Crippen LogP contribution >= 0.6 is 0 Å². The fraction of sp³-hybridized carbons (Fsp3) is 0.759. The summed E-state index contributed by atoms with van der Waals surface area (Å²) in [6, 6.07) is 7.43. The Morgan fingerprint density at radius 3 is 1.76 bits per heavy atom. The minimum absolute atomic E-state index is 0.355. The number of hydrogen-bond donors (Lipinski definition) is 1. The Bertz CT molecular complexity index is 962. The van der Waals surface area contributed by atoms with Crippen molar-refractivity contribution in [2.24, 2.45) is 0 Å². The summed E-state index contributed by atoms with van der Waals surface area (Å²) in [5.74, 6) is 0.991. The minimum Gasteiger partial charge on any atom is -0.748 e. The number of nitrogens with zero attached hydrogens (tertiary/aromatic N) is 2. The van der Waals surface area contributed by atoms with Gasteiger partial charge in [0.2, 0.25) is 6.33 Å². The van der Waals surface area contributed by atoms with E-state index in [4.69, 9.17) is 22.8 Å². The van der Waals surface area contributed by atoms with Crippen LogP contribution in [-0.4, -0.2) is 42.1 Å². The van der Waals surface area contributed by atoms with E-state index in [-0.39, 0.29) is 0 Å². The molecule has 0 radical (unpaired) electrons. The number of benzene rings is 1. The van der Waals surface area contributed by atoms with Crippen molar-refractivity contribution in [3.63, 3.8) is 0 Å². The Balaban J connectivity index is 0.00000124. The van der Waals surface area contributed by atoms with Gasteiger partial charge in [-0.2, -0.15) is 0 Å². The summed E-state index contributed by atoms with van der Waals surface area (Å²) in [7, 11) is -3.92. The molecule has 2 rings (SSSR count). The first-order chi connectivity index (χ1) is 17.5. The topological polar surface area (TPSA) is 95.5 Å². The number of aliphatic hydroxyl groups is 1. The fourth-order valence-electron chi connectivity index (χ4n) is 4.45. The Labute approximate surface area is 226 Å². The van der Waals surface area contributed by atoms with Crippen LogP contribution in [0.15, 0.2) is 24.5 Å². The molecule has 1 aromatic heterocycles. The van der Waals surface area contributed by atoms with Crippen LogP contribution in [0.25, 0.3) is 11.0 Å². The summed E-state index contributed by atoms with van der Waals surface area (Å²) < 4.78 is 38.0. The molecule has 1 aromatic carbocycles. The van der Waals surface area contributed by atoms with Gasteiger partial charge in [-0.25, -0.2) is 17.6 Å². The third kappa shape index (κ3) is 15.4. The molecule has 7 nitrogen and oxygen atoms in total. The van der Waals surface area contributed by atoms with Gasteiger partial charge in [-0.1, -0.05) is 70.6 Å². The molecule has 0 amide bonds. The van der Waals surface area contributed by atoms with E-state index in [9.17, 15) is 0 Å². The number of rotatable bonds is 18. The second kappa shape index (κ2) is 18.6. The van der Waals surface area contributed by atoms with E-state index in [2.05, 4.69) is 61.4 Å². The number of aliphatic hydroxyl groups excluding tert-OH is 1. The van der Waals surface area contributed by atoms with Crippen molar-refractivity contribution in [3.8, 4) is 5.75 Å². The molecule has 0 saturated heterocycles. The Kier molecular flexibility index (Phi) is 16.8. The van der Waals surface area contributed by atoms with E-state index >= 15 is 0 Å². The zero-order valence-electron chi connectivity index (χ0n) is 24.0. The molecule has 214 valence electrons. The Morgan fingerprint density at radius 1 is 0.865 bits per heavy atom. The lowest BCUT2D eigenvalue weighted by Gasteiger charge is -2.07. The van der Waals surface area contributed by atoms with E-state index in [0.29, 0.717) is 24.9 Å². The normalized spacial score (nSPS) is 11.8. The van der Waals surface area contributed by atoms with E-state index in [1.807, 2.05) is 0 Å². The molecule has 0 saturated carbocycles. The summed E-state index contributed by atoms with van der Waals surface area (Å²) in [6.45, 7) is 10.1. The van der Waals surface area contributed by atoms with E-state index in [0.717, 1.165) is 25.2 Å². The molecule has 0 bridgehead atoms. The van der Waals surface area contributed by atoms with Crippen LogP contribution in [-0.2, 0) is 10.1 Å². The van der Waals surface area contributed by atoms with Crippen molar-refractivity contribution in [2.45, 2.75) is 123 Å². The molecule has 0 aliphatic heterocycles. The maximum Gasteiger partial charge on any atom is 0.245 e. The van der Waals surface area contributed by atoms with Gasteiger partial charge >= 0.3 is 0 Å². The maximum atomic E-state index is 9.08. The first-order valence-corrected chi connectivity index (χ1v) is 16.1. The first-order valence-electron chi connectivity index (χ1n) is 14.2. The SMILES string of the molecule is CC(C)n1c[n+](C(C)C)c2ccc(OCCCCCCCCCCCCCCCO)cc21.CS(=O)(=O)[O-]. The zero-order valence-corrected chi connectivity index (χ0v) is 24.8. The highest BCUT2D eigenvalue weighted by Gasteiger charge is 2.20. The van der Waals surface area contributed by atoms with Crippen LogP contribution in [0.2, 0.25) is 0 Å². The second-order valence-electron chi connectivity index (χ2n) is 10.6. The van der Waals surface area contributed by atoms with E-state index in [1.165, 1.54) is 81.7 Å². The van der Waals surface area contributed by atoms with Gasteiger partial charge < -0.3 is 14.4 Å². The zero-order chi connectivity index (χ0) is 27.7. The third-order valence-corrected chi connectivity index (χ3v) is 6.44. The first kappa shape index (κ1) is 33.4.